The molecule has 0 aliphatic rings. The third-order valence-corrected chi connectivity index (χ3v) is 5.12. The molecule has 1 heterocycles. The summed E-state index contributed by atoms with van der Waals surface area (Å²) in [7, 11) is 1.38. The molecular formula is C21H29FN6O8S. The predicted octanol–water partition coefficient (Wildman–Crippen LogP) is -1.22. The zero-order valence-electron chi connectivity index (χ0n) is 20.0. The topological polar surface area (TPSA) is 207 Å². The Bertz CT molecular complexity index is 949. The quantitative estimate of drug-likeness (QED) is 0.128. The molecule has 37 heavy (non-hydrogen) atoms. The number of carboxylic acids is 2. The molecule has 0 radical (unpaired) electrons. The minimum Gasteiger partial charge on any atom is -0.480 e. The highest BCUT2D eigenvalue weighted by atomic mass is 32.2. The minimum atomic E-state index is -1.33. The number of carboxylic acid groups (broad SMARTS) is 2. The second-order valence-corrected chi connectivity index (χ2v) is 8.23. The van der Waals surface area contributed by atoms with Crippen molar-refractivity contribution >= 4 is 47.7 Å². The van der Waals surface area contributed by atoms with Gasteiger partial charge in [-0.15, -0.1) is 0 Å². The van der Waals surface area contributed by atoms with Gasteiger partial charge in [-0.25, -0.2) is 4.98 Å². The van der Waals surface area contributed by atoms with Crippen molar-refractivity contribution in [2.45, 2.75) is 30.3 Å². The number of aromatic nitrogens is 1. The minimum absolute atomic E-state index is 0.0455. The van der Waals surface area contributed by atoms with Crippen LogP contribution in [0.5, 0.6) is 0 Å². The van der Waals surface area contributed by atoms with Gasteiger partial charge in [0.15, 0.2) is 0 Å². The fraction of sp³-hybridized carbons (Fsp3) is 0.476. The molecule has 0 spiro atoms. The number of unbranched alkanes of at least 4 members (excludes halogenated alkanes) is 1. The smallest absolute Gasteiger partial charge is 0.317 e. The number of halogens is 1. The molecule has 204 valence electrons. The molecule has 0 aliphatic carbocycles. The summed E-state index contributed by atoms with van der Waals surface area (Å²) in [6.07, 6.45) is 2.12. The number of nitrogens with zero attached hydrogens (tertiary/aromatic N) is 2. The van der Waals surface area contributed by atoms with Gasteiger partial charge in [0.25, 0.3) is 5.91 Å². The number of rotatable bonds is 17. The van der Waals surface area contributed by atoms with Crippen LogP contribution in [0.2, 0.25) is 0 Å². The molecule has 6 N–H and O–H groups in total. The van der Waals surface area contributed by atoms with Crippen LogP contribution in [0.3, 0.4) is 0 Å². The second-order valence-electron chi connectivity index (χ2n) is 7.66. The molecule has 0 saturated carbocycles. The molecular weight excluding hydrogens is 515 g/mol. The van der Waals surface area contributed by atoms with E-state index in [1.54, 1.807) is 0 Å². The average Bonchev–Trinajstić information content (AvgIpc) is 2.85. The van der Waals surface area contributed by atoms with Gasteiger partial charge in [0.1, 0.15) is 23.2 Å². The summed E-state index contributed by atoms with van der Waals surface area (Å²) >= 11 is -0.0455. The van der Waals surface area contributed by atoms with Crippen molar-refractivity contribution < 1.29 is 42.9 Å². The molecule has 0 fully saturated rings. The van der Waals surface area contributed by atoms with E-state index in [1.807, 2.05) is 0 Å². The Balaban J connectivity index is 2.66. The first-order valence-corrected chi connectivity index (χ1v) is 11.7. The van der Waals surface area contributed by atoms with Crippen molar-refractivity contribution in [3.8, 4) is 0 Å². The molecule has 1 aromatic heterocycles. The number of carbonyl (C=O) groups is 6. The van der Waals surface area contributed by atoms with Gasteiger partial charge < -0.3 is 31.5 Å². The SMILES string of the molecule is CNC(=O)CNC(=O)[C@H](CCCCNC(=O)c1ccc(SF)nc1)NC(=O)CN(CC(=O)O)CC(=O)O. The lowest BCUT2D eigenvalue weighted by molar-refractivity contribution is -0.142. The van der Waals surface area contributed by atoms with E-state index in [9.17, 15) is 32.7 Å². The Morgan fingerprint density at radius 3 is 2.22 bits per heavy atom. The Morgan fingerprint density at radius 2 is 1.68 bits per heavy atom. The first kappa shape index (κ1) is 31.2. The van der Waals surface area contributed by atoms with Crippen molar-refractivity contribution in [1.82, 2.24) is 31.2 Å². The zero-order chi connectivity index (χ0) is 27.8. The van der Waals surface area contributed by atoms with Gasteiger partial charge in [0, 0.05) is 19.8 Å². The monoisotopic (exact) mass is 544 g/mol. The number of pyridine rings is 1. The highest BCUT2D eigenvalue weighted by Crippen LogP contribution is 2.15. The summed E-state index contributed by atoms with van der Waals surface area (Å²) in [5, 5.41) is 27.7. The third-order valence-electron chi connectivity index (χ3n) is 4.72. The molecule has 0 aliphatic heterocycles. The fourth-order valence-electron chi connectivity index (χ4n) is 2.98. The van der Waals surface area contributed by atoms with E-state index in [4.69, 9.17) is 10.2 Å². The van der Waals surface area contributed by atoms with Gasteiger partial charge in [-0.1, -0.05) is 0 Å². The van der Waals surface area contributed by atoms with Gasteiger partial charge in [0.05, 0.1) is 31.7 Å². The standard InChI is InChI=1S/C21H29FN6O8S/c1-23-15(29)9-26-21(36)14(27-16(30)10-28(11-18(31)32)12-19(33)34)4-2-3-7-24-20(35)13-5-6-17(37-22)25-8-13/h5-6,8,14H,2-4,7,9-12H2,1H3,(H,23,29)(H,24,35)(H,26,36)(H,27,30)(H,31,32)(H,33,34)/t14-/m0/s1. The van der Waals surface area contributed by atoms with Crippen molar-refractivity contribution in [3.63, 3.8) is 0 Å². The van der Waals surface area contributed by atoms with Crippen LogP contribution in [-0.4, -0.2) is 101 Å². The molecule has 1 rings (SSSR count). The third kappa shape index (κ3) is 13.2. The van der Waals surface area contributed by atoms with Crippen molar-refractivity contribution in [2.75, 3.05) is 39.8 Å². The van der Waals surface area contributed by atoms with Gasteiger partial charge >= 0.3 is 11.9 Å². The van der Waals surface area contributed by atoms with Crippen LogP contribution in [-0.2, 0) is 24.0 Å². The summed E-state index contributed by atoms with van der Waals surface area (Å²) in [5.41, 5.74) is 0.240. The number of amides is 4. The molecule has 1 aromatic rings. The highest BCUT2D eigenvalue weighted by molar-refractivity contribution is 7.94. The Labute approximate surface area is 216 Å². The fourth-order valence-corrected chi connectivity index (χ4v) is 3.19. The van der Waals surface area contributed by atoms with E-state index in [0.29, 0.717) is 12.8 Å². The van der Waals surface area contributed by atoms with E-state index in [2.05, 4.69) is 26.3 Å². The van der Waals surface area contributed by atoms with Gasteiger partial charge in [-0.05, 0) is 31.4 Å². The Morgan fingerprint density at radius 1 is 1.00 bits per heavy atom. The van der Waals surface area contributed by atoms with E-state index >= 15 is 0 Å². The van der Waals surface area contributed by atoms with Crippen LogP contribution in [0.25, 0.3) is 0 Å². The van der Waals surface area contributed by atoms with Crippen LogP contribution in [0.1, 0.15) is 29.6 Å². The van der Waals surface area contributed by atoms with Crippen molar-refractivity contribution in [3.05, 3.63) is 23.9 Å². The van der Waals surface area contributed by atoms with Crippen LogP contribution in [0, 0.1) is 0 Å². The second kappa shape index (κ2) is 16.8. The molecule has 16 heteroatoms. The molecule has 0 aromatic carbocycles. The normalized spacial score (nSPS) is 11.3. The predicted molar refractivity (Wildman–Crippen MR) is 128 cm³/mol. The first-order chi connectivity index (χ1) is 17.5. The van der Waals surface area contributed by atoms with Gasteiger partial charge in [0.2, 0.25) is 17.7 Å². The van der Waals surface area contributed by atoms with E-state index in [1.165, 1.54) is 25.4 Å². The summed E-state index contributed by atoms with van der Waals surface area (Å²) < 4.78 is 12.4. The number of hydrogen-bond donors (Lipinski definition) is 6. The molecule has 0 saturated heterocycles. The lowest BCUT2D eigenvalue weighted by Crippen LogP contribution is -2.51. The number of aliphatic carboxylic acids is 2. The number of likely N-dealkylation sites (N-methyl/N-ethyl adjacent to an activating group) is 1. The summed E-state index contributed by atoms with van der Waals surface area (Å²) in [4.78, 5) is 75.0. The highest BCUT2D eigenvalue weighted by Gasteiger charge is 2.23. The maximum atomic E-state index is 12.5. The van der Waals surface area contributed by atoms with Crippen LogP contribution < -0.4 is 21.3 Å². The lowest BCUT2D eigenvalue weighted by Gasteiger charge is -2.21. The molecule has 14 nitrogen and oxygen atoms in total. The molecule has 0 unspecified atom stereocenters. The number of nitrogens with one attached hydrogen (secondary N) is 4. The molecule has 4 amide bonds. The van der Waals surface area contributed by atoms with Crippen LogP contribution in [0.15, 0.2) is 23.4 Å². The summed E-state index contributed by atoms with van der Waals surface area (Å²) in [6, 6.07) is 1.68. The van der Waals surface area contributed by atoms with Crippen LogP contribution >= 0.6 is 12.1 Å². The van der Waals surface area contributed by atoms with E-state index in [0.717, 1.165) is 4.90 Å². The molecule has 1 atom stereocenters. The largest absolute Gasteiger partial charge is 0.480 e. The Kier molecular flexibility index (Phi) is 14.2. The lowest BCUT2D eigenvalue weighted by atomic mass is 10.1. The van der Waals surface area contributed by atoms with E-state index < -0.39 is 61.2 Å². The number of carbonyl (C=O) groups excluding carboxylic acids is 4. The maximum absolute atomic E-state index is 12.5. The van der Waals surface area contributed by atoms with E-state index in [-0.39, 0.29) is 42.2 Å². The summed E-state index contributed by atoms with van der Waals surface area (Å²) in [6.45, 7) is -2.09. The number of hydrogen-bond acceptors (Lipinski definition) is 9. The Hall–Kier alpha value is -3.79. The first-order valence-electron chi connectivity index (χ1n) is 11.0. The van der Waals surface area contributed by atoms with Crippen molar-refractivity contribution in [2.24, 2.45) is 0 Å². The average molecular weight is 545 g/mol. The maximum Gasteiger partial charge on any atom is 0.317 e. The van der Waals surface area contributed by atoms with Gasteiger partial charge in [-0.3, -0.25) is 33.7 Å². The van der Waals surface area contributed by atoms with Crippen LogP contribution in [0.4, 0.5) is 3.89 Å². The zero-order valence-corrected chi connectivity index (χ0v) is 20.8. The molecule has 0 bridgehead atoms. The van der Waals surface area contributed by atoms with Crippen molar-refractivity contribution in [1.29, 1.82) is 0 Å². The van der Waals surface area contributed by atoms with Gasteiger partial charge in [-0.2, -0.15) is 3.89 Å². The summed E-state index contributed by atoms with van der Waals surface area (Å²) in [5.74, 6) is -5.00.